The van der Waals surface area contributed by atoms with E-state index in [1.165, 1.54) is 11.3 Å². The molecule has 1 aromatic heterocycles. The lowest BCUT2D eigenvalue weighted by Gasteiger charge is -2.35. The van der Waals surface area contributed by atoms with E-state index < -0.39 is 0 Å². The number of aromatic nitrogens is 1. The standard InChI is InChI=1S/C14H17N3O3S/c1-8-7-16(4-3-13(8)18)11-5-10-14(21-9(2)15-10)6-12(11)17(19)20/h5-6,8,13,18H,3-4,7H2,1-2H3. The molecule has 0 aliphatic carbocycles. The molecule has 6 nitrogen and oxygen atoms in total. The summed E-state index contributed by atoms with van der Waals surface area (Å²) in [5, 5.41) is 22.1. The number of aliphatic hydroxyl groups is 1. The molecule has 2 unspecified atom stereocenters. The normalized spacial score (nSPS) is 22.7. The third kappa shape index (κ3) is 2.58. The van der Waals surface area contributed by atoms with Gasteiger partial charge in [-0.2, -0.15) is 0 Å². The lowest BCUT2D eigenvalue weighted by molar-refractivity contribution is -0.384. The van der Waals surface area contributed by atoms with Gasteiger partial charge >= 0.3 is 0 Å². The minimum Gasteiger partial charge on any atom is -0.393 e. The maximum absolute atomic E-state index is 11.4. The molecule has 0 bridgehead atoms. The zero-order valence-electron chi connectivity index (χ0n) is 11.9. The second-order valence-corrected chi connectivity index (χ2v) is 6.81. The number of piperidine rings is 1. The van der Waals surface area contributed by atoms with Gasteiger partial charge in [0.2, 0.25) is 0 Å². The SMILES string of the molecule is Cc1nc2cc(N3CCC(O)C(C)C3)c([N+](=O)[O-])cc2s1. The quantitative estimate of drug-likeness (QED) is 0.681. The van der Waals surface area contributed by atoms with E-state index in [-0.39, 0.29) is 22.6 Å². The molecule has 1 aromatic carbocycles. The van der Waals surface area contributed by atoms with E-state index in [0.717, 1.165) is 15.2 Å². The van der Waals surface area contributed by atoms with E-state index in [4.69, 9.17) is 0 Å². The molecule has 0 spiro atoms. The fraction of sp³-hybridized carbons (Fsp3) is 0.500. The highest BCUT2D eigenvalue weighted by Gasteiger charge is 2.29. The summed E-state index contributed by atoms with van der Waals surface area (Å²) < 4.78 is 0.841. The van der Waals surface area contributed by atoms with E-state index in [1.807, 2.05) is 18.7 Å². The van der Waals surface area contributed by atoms with E-state index in [1.54, 1.807) is 12.1 Å². The van der Waals surface area contributed by atoms with Crippen molar-refractivity contribution in [3.05, 3.63) is 27.3 Å². The van der Waals surface area contributed by atoms with Gasteiger partial charge in [-0.3, -0.25) is 10.1 Å². The first-order valence-corrected chi connectivity index (χ1v) is 7.76. The Kier molecular flexibility index (Phi) is 3.54. The number of aliphatic hydroxyl groups excluding tert-OH is 1. The molecule has 2 heterocycles. The molecular weight excluding hydrogens is 290 g/mol. The molecule has 21 heavy (non-hydrogen) atoms. The fourth-order valence-corrected chi connectivity index (χ4v) is 3.66. The Hall–Kier alpha value is -1.73. The summed E-state index contributed by atoms with van der Waals surface area (Å²) in [6, 6.07) is 3.42. The summed E-state index contributed by atoms with van der Waals surface area (Å²) >= 11 is 1.47. The Morgan fingerprint density at radius 2 is 2.29 bits per heavy atom. The van der Waals surface area contributed by atoms with Gasteiger partial charge in [-0.1, -0.05) is 6.92 Å². The van der Waals surface area contributed by atoms with Crippen LogP contribution in [0.2, 0.25) is 0 Å². The lowest BCUT2D eigenvalue weighted by atomic mass is 9.96. The van der Waals surface area contributed by atoms with Gasteiger partial charge in [0.25, 0.3) is 5.69 Å². The van der Waals surface area contributed by atoms with E-state index in [9.17, 15) is 15.2 Å². The van der Waals surface area contributed by atoms with Gasteiger partial charge in [-0.25, -0.2) is 4.98 Å². The Bertz CT molecular complexity index is 700. The molecule has 0 radical (unpaired) electrons. The minimum atomic E-state index is -0.334. The van der Waals surface area contributed by atoms with Crippen molar-refractivity contribution in [3.8, 4) is 0 Å². The van der Waals surface area contributed by atoms with Crippen molar-refractivity contribution in [2.24, 2.45) is 5.92 Å². The number of anilines is 1. The van der Waals surface area contributed by atoms with Crippen LogP contribution in [0.4, 0.5) is 11.4 Å². The van der Waals surface area contributed by atoms with Crippen LogP contribution in [0.3, 0.4) is 0 Å². The number of nitro groups is 1. The molecule has 1 fully saturated rings. The van der Waals surface area contributed by atoms with Crippen molar-refractivity contribution in [3.63, 3.8) is 0 Å². The van der Waals surface area contributed by atoms with Crippen LogP contribution in [0.1, 0.15) is 18.4 Å². The van der Waals surface area contributed by atoms with Gasteiger partial charge in [0.05, 0.1) is 26.3 Å². The number of fused-ring (bicyclic) bond motifs is 1. The van der Waals surface area contributed by atoms with Gasteiger partial charge in [-0.05, 0) is 25.3 Å². The van der Waals surface area contributed by atoms with Crippen molar-refractivity contribution in [1.82, 2.24) is 4.98 Å². The van der Waals surface area contributed by atoms with Gasteiger partial charge in [0, 0.05) is 19.2 Å². The number of nitro benzene ring substituents is 1. The number of aryl methyl sites for hydroxylation is 1. The summed E-state index contributed by atoms with van der Waals surface area (Å²) in [5.74, 6) is 0.103. The number of nitrogens with zero attached hydrogens (tertiary/aromatic N) is 3. The Morgan fingerprint density at radius 3 is 2.95 bits per heavy atom. The number of hydrogen-bond donors (Lipinski definition) is 1. The van der Waals surface area contributed by atoms with E-state index in [2.05, 4.69) is 4.98 Å². The highest BCUT2D eigenvalue weighted by atomic mass is 32.1. The largest absolute Gasteiger partial charge is 0.393 e. The molecular formula is C14H17N3O3S. The predicted molar refractivity (Wildman–Crippen MR) is 83.0 cm³/mol. The third-order valence-corrected chi connectivity index (χ3v) is 4.92. The van der Waals surface area contributed by atoms with E-state index >= 15 is 0 Å². The Balaban J connectivity index is 2.07. The van der Waals surface area contributed by atoms with Crippen LogP contribution in [-0.4, -0.2) is 34.2 Å². The van der Waals surface area contributed by atoms with Gasteiger partial charge < -0.3 is 10.0 Å². The zero-order valence-corrected chi connectivity index (χ0v) is 12.8. The van der Waals surface area contributed by atoms with Crippen molar-refractivity contribution in [2.45, 2.75) is 26.4 Å². The number of thiazole rings is 1. The Labute approximate surface area is 126 Å². The van der Waals surface area contributed by atoms with Crippen LogP contribution in [0, 0.1) is 23.0 Å². The van der Waals surface area contributed by atoms with Crippen molar-refractivity contribution in [1.29, 1.82) is 0 Å². The monoisotopic (exact) mass is 307 g/mol. The first-order valence-electron chi connectivity index (χ1n) is 6.94. The van der Waals surface area contributed by atoms with E-state index in [0.29, 0.717) is 25.2 Å². The predicted octanol–water partition coefficient (Wildman–Crippen LogP) is 2.72. The lowest BCUT2D eigenvalue weighted by Crippen LogP contribution is -2.42. The fourth-order valence-electron chi connectivity index (χ4n) is 2.82. The average molecular weight is 307 g/mol. The maximum Gasteiger partial charge on any atom is 0.294 e. The zero-order chi connectivity index (χ0) is 15.1. The average Bonchev–Trinajstić information content (AvgIpc) is 2.79. The summed E-state index contributed by atoms with van der Waals surface area (Å²) in [5.41, 5.74) is 1.53. The molecule has 1 N–H and O–H groups in total. The van der Waals surface area contributed by atoms with Crippen LogP contribution in [-0.2, 0) is 0 Å². The second kappa shape index (κ2) is 5.23. The first kappa shape index (κ1) is 14.2. The molecule has 1 aliphatic rings. The molecule has 7 heteroatoms. The van der Waals surface area contributed by atoms with Gasteiger partial charge in [-0.15, -0.1) is 11.3 Å². The number of benzene rings is 1. The molecule has 2 atom stereocenters. The van der Waals surface area contributed by atoms with Crippen LogP contribution < -0.4 is 4.90 Å². The molecule has 1 aliphatic heterocycles. The highest BCUT2D eigenvalue weighted by molar-refractivity contribution is 7.18. The van der Waals surface area contributed by atoms with Crippen LogP contribution in [0.15, 0.2) is 12.1 Å². The Morgan fingerprint density at radius 1 is 1.52 bits per heavy atom. The second-order valence-electron chi connectivity index (χ2n) is 5.58. The number of hydrogen-bond acceptors (Lipinski definition) is 6. The third-order valence-electron chi connectivity index (χ3n) is 3.99. The molecule has 0 saturated carbocycles. The molecule has 112 valence electrons. The summed E-state index contributed by atoms with van der Waals surface area (Å²) in [4.78, 5) is 17.5. The summed E-state index contributed by atoms with van der Waals surface area (Å²) in [6.45, 7) is 5.11. The topological polar surface area (TPSA) is 79.5 Å². The van der Waals surface area contributed by atoms with Gasteiger partial charge in [0.15, 0.2) is 0 Å². The molecule has 2 aromatic rings. The molecule has 1 saturated heterocycles. The maximum atomic E-state index is 11.4. The van der Waals surface area contributed by atoms with Crippen molar-refractivity contribution >= 4 is 32.9 Å². The smallest absolute Gasteiger partial charge is 0.294 e. The van der Waals surface area contributed by atoms with Crippen LogP contribution >= 0.6 is 11.3 Å². The summed E-state index contributed by atoms with van der Waals surface area (Å²) in [6.07, 6.45) is 0.303. The summed E-state index contributed by atoms with van der Waals surface area (Å²) in [7, 11) is 0. The molecule has 0 amide bonds. The molecule has 3 rings (SSSR count). The van der Waals surface area contributed by atoms with Crippen LogP contribution in [0.5, 0.6) is 0 Å². The van der Waals surface area contributed by atoms with Crippen LogP contribution in [0.25, 0.3) is 10.2 Å². The first-order chi connectivity index (χ1) is 9.95. The minimum absolute atomic E-state index is 0.103. The van der Waals surface area contributed by atoms with Crippen molar-refractivity contribution < 1.29 is 10.0 Å². The van der Waals surface area contributed by atoms with Gasteiger partial charge in [0.1, 0.15) is 5.69 Å². The number of rotatable bonds is 2. The van der Waals surface area contributed by atoms with Crippen molar-refractivity contribution in [2.75, 3.05) is 18.0 Å². The highest BCUT2D eigenvalue weighted by Crippen LogP contribution is 2.37.